The van der Waals surface area contributed by atoms with Gasteiger partial charge in [-0.3, -0.25) is 0 Å². The maximum Gasteiger partial charge on any atom is 0.166 e. The Balaban J connectivity index is 0.00000294. The van der Waals surface area contributed by atoms with Crippen LogP contribution in [0.1, 0.15) is 0 Å². The van der Waals surface area contributed by atoms with E-state index in [0.717, 1.165) is 21.6 Å². The predicted molar refractivity (Wildman–Crippen MR) is 157 cm³/mol. The fourth-order valence-electron chi connectivity index (χ4n) is 5.39. The van der Waals surface area contributed by atoms with Crippen molar-refractivity contribution in [1.29, 1.82) is 0 Å². The molecule has 2 N–H and O–H groups in total. The third-order valence-corrected chi connectivity index (χ3v) is 11.3. The number of hydrogen-bond donors (Lipinski definition) is 2. The molecule has 6 aromatic carbocycles. The van der Waals surface area contributed by atoms with Crippen LogP contribution in [0.2, 0.25) is 0 Å². The van der Waals surface area contributed by atoms with Gasteiger partial charge >= 0.3 is 0 Å². The summed E-state index contributed by atoms with van der Waals surface area (Å²) in [5.74, 6) is -0.218. The Bertz CT molecular complexity index is 1590. The monoisotopic (exact) mass is 576 g/mol. The van der Waals surface area contributed by atoms with E-state index in [0.29, 0.717) is 5.56 Å². The number of rotatable bonds is 5. The van der Waals surface area contributed by atoms with Crippen molar-refractivity contribution < 1.29 is 27.2 Å². The number of phenolic OH excluding ortho intramolecular Hbond substituents is 2. The van der Waals surface area contributed by atoms with Crippen LogP contribution in [0, 0.1) is 0 Å². The second-order valence-electron chi connectivity index (χ2n) is 9.04. The molecule has 6 aromatic rings. The Labute approximate surface area is 234 Å². The highest BCUT2D eigenvalue weighted by Crippen LogP contribution is 2.57. The highest BCUT2D eigenvalue weighted by Gasteiger charge is 2.49. The summed E-state index contributed by atoms with van der Waals surface area (Å²) in [7, 11) is -2.41. The Morgan fingerprint density at radius 3 is 1.47 bits per heavy atom. The van der Waals surface area contributed by atoms with Crippen LogP contribution in [0.4, 0.5) is 0 Å². The molecule has 0 aliphatic heterocycles. The van der Waals surface area contributed by atoms with Gasteiger partial charge in [0, 0.05) is 11.1 Å². The van der Waals surface area contributed by atoms with Gasteiger partial charge in [-0.25, -0.2) is 0 Å². The maximum absolute atomic E-state index is 11.3. The van der Waals surface area contributed by atoms with Crippen LogP contribution in [-0.2, 0) is 0 Å². The van der Waals surface area contributed by atoms with Crippen molar-refractivity contribution in [3.05, 3.63) is 146 Å². The molecule has 0 aliphatic rings. The SMILES string of the molecule is Oc1cc2ccccc2c(-c2ccccc2[P+](c2ccccc2)(c2ccccc2)c2ccccc2)c1O.[Br-]. The molecule has 0 amide bonds. The van der Waals surface area contributed by atoms with Crippen LogP contribution in [0.15, 0.2) is 146 Å². The standard InChI is InChI=1S/C34H25O2P.BrH/c35-31-24-25-14-10-11-21-29(25)33(34(31)36)30-22-12-13-23-32(30)37(26-15-4-1-5-16-26,27-17-6-2-7-18-27)28-19-8-3-9-20-28;/h1-24H,(H-,35,36);1H. The van der Waals surface area contributed by atoms with Crippen molar-refractivity contribution in [3.8, 4) is 22.6 Å². The lowest BCUT2D eigenvalue weighted by Crippen LogP contribution is -3.00. The van der Waals surface area contributed by atoms with Crippen molar-refractivity contribution in [2.45, 2.75) is 0 Å². The quantitative estimate of drug-likeness (QED) is 0.243. The van der Waals surface area contributed by atoms with Crippen molar-refractivity contribution in [2.24, 2.45) is 0 Å². The summed E-state index contributed by atoms with van der Waals surface area (Å²) in [6.07, 6.45) is 0. The fourth-order valence-corrected chi connectivity index (χ4v) is 9.84. The van der Waals surface area contributed by atoms with Crippen LogP contribution in [0.25, 0.3) is 21.9 Å². The van der Waals surface area contributed by atoms with Crippen molar-refractivity contribution in [2.75, 3.05) is 0 Å². The maximum atomic E-state index is 11.3. The van der Waals surface area contributed by atoms with Crippen LogP contribution >= 0.6 is 7.26 Å². The average molecular weight is 577 g/mol. The molecule has 2 nitrogen and oxygen atoms in total. The zero-order chi connectivity index (χ0) is 25.2. The number of benzene rings is 6. The summed E-state index contributed by atoms with van der Waals surface area (Å²) >= 11 is 0. The van der Waals surface area contributed by atoms with Crippen LogP contribution in [-0.4, -0.2) is 10.2 Å². The second-order valence-corrected chi connectivity index (χ2v) is 12.4. The first-order valence-corrected chi connectivity index (χ1v) is 14.1. The summed E-state index contributed by atoms with van der Waals surface area (Å²) in [5.41, 5.74) is 1.57. The summed E-state index contributed by atoms with van der Waals surface area (Å²) in [6.45, 7) is 0. The summed E-state index contributed by atoms with van der Waals surface area (Å²) in [4.78, 5) is 0. The average Bonchev–Trinajstić information content (AvgIpc) is 2.96. The summed E-state index contributed by atoms with van der Waals surface area (Å²) < 4.78 is 0. The molecule has 0 saturated heterocycles. The van der Waals surface area contributed by atoms with E-state index in [1.807, 2.05) is 30.3 Å². The van der Waals surface area contributed by atoms with Gasteiger partial charge in [0.2, 0.25) is 0 Å². The van der Waals surface area contributed by atoms with E-state index in [9.17, 15) is 10.2 Å². The minimum atomic E-state index is -2.41. The Hall–Kier alpha value is -3.91. The molecule has 4 heteroatoms. The minimum absolute atomic E-state index is 0. The number of hydrogen-bond acceptors (Lipinski definition) is 2. The van der Waals surface area contributed by atoms with Gasteiger partial charge in [0.1, 0.15) is 28.5 Å². The van der Waals surface area contributed by atoms with Crippen molar-refractivity contribution in [1.82, 2.24) is 0 Å². The van der Waals surface area contributed by atoms with Crippen molar-refractivity contribution in [3.63, 3.8) is 0 Å². The lowest BCUT2D eigenvalue weighted by molar-refractivity contribution is -0.00000870. The molecule has 0 saturated carbocycles. The fraction of sp³-hybridized carbons (Fsp3) is 0. The van der Waals surface area contributed by atoms with E-state index in [4.69, 9.17) is 0 Å². The molecule has 186 valence electrons. The molecule has 0 heterocycles. The molecule has 0 fully saturated rings. The summed E-state index contributed by atoms with van der Waals surface area (Å²) in [6, 6.07) is 49.9. The predicted octanol–water partition coefficient (Wildman–Crippen LogP) is 3.54. The second kappa shape index (κ2) is 10.8. The normalized spacial score (nSPS) is 11.2. The smallest absolute Gasteiger partial charge is 0.166 e. The molecule has 0 spiro atoms. The van der Waals surface area contributed by atoms with Gasteiger partial charge in [-0.05, 0) is 59.3 Å². The first-order valence-electron chi connectivity index (χ1n) is 12.3. The molecule has 0 atom stereocenters. The highest BCUT2D eigenvalue weighted by molar-refractivity contribution is 8.01. The Morgan fingerprint density at radius 1 is 0.474 bits per heavy atom. The first kappa shape index (κ1) is 25.7. The summed E-state index contributed by atoms with van der Waals surface area (Å²) in [5, 5.41) is 28.7. The topological polar surface area (TPSA) is 40.5 Å². The molecule has 0 aromatic heterocycles. The van der Waals surface area contributed by atoms with E-state index in [1.165, 1.54) is 15.9 Å². The van der Waals surface area contributed by atoms with Crippen LogP contribution < -0.4 is 38.2 Å². The van der Waals surface area contributed by atoms with E-state index in [-0.39, 0.29) is 28.5 Å². The molecule has 6 rings (SSSR count). The molecule has 0 unspecified atom stereocenters. The Morgan fingerprint density at radius 2 is 0.921 bits per heavy atom. The van der Waals surface area contributed by atoms with E-state index in [2.05, 4.69) is 109 Å². The Kier molecular flexibility index (Phi) is 7.33. The zero-order valence-corrected chi connectivity index (χ0v) is 23.1. The van der Waals surface area contributed by atoms with Crippen LogP contribution in [0.5, 0.6) is 11.5 Å². The molecule has 0 aliphatic carbocycles. The molecule has 38 heavy (non-hydrogen) atoms. The van der Waals surface area contributed by atoms with Gasteiger partial charge in [0.15, 0.2) is 11.5 Å². The van der Waals surface area contributed by atoms with E-state index in [1.54, 1.807) is 6.07 Å². The van der Waals surface area contributed by atoms with Gasteiger partial charge in [-0.2, -0.15) is 0 Å². The lowest BCUT2D eigenvalue weighted by atomic mass is 9.96. The van der Waals surface area contributed by atoms with E-state index >= 15 is 0 Å². The number of halogens is 1. The van der Waals surface area contributed by atoms with Gasteiger partial charge in [-0.1, -0.05) is 97.1 Å². The van der Waals surface area contributed by atoms with Gasteiger partial charge < -0.3 is 27.2 Å². The van der Waals surface area contributed by atoms with Crippen LogP contribution in [0.3, 0.4) is 0 Å². The highest BCUT2D eigenvalue weighted by atomic mass is 79.9. The third kappa shape index (κ3) is 4.19. The minimum Gasteiger partial charge on any atom is -1.00 e. The lowest BCUT2D eigenvalue weighted by Gasteiger charge is -2.29. The van der Waals surface area contributed by atoms with Gasteiger partial charge in [0.25, 0.3) is 0 Å². The largest absolute Gasteiger partial charge is 1.00 e. The zero-order valence-electron chi connectivity index (χ0n) is 20.6. The van der Waals surface area contributed by atoms with Gasteiger partial charge in [-0.15, -0.1) is 0 Å². The molecule has 0 bridgehead atoms. The third-order valence-electron chi connectivity index (χ3n) is 6.97. The molecular formula is C34H26BrO2P. The van der Waals surface area contributed by atoms with Crippen molar-refractivity contribution >= 4 is 39.3 Å². The molecular weight excluding hydrogens is 551 g/mol. The number of phenols is 2. The number of aromatic hydroxyl groups is 2. The molecule has 0 radical (unpaired) electrons. The van der Waals surface area contributed by atoms with E-state index < -0.39 is 7.26 Å². The first-order chi connectivity index (χ1) is 18.2. The number of fused-ring (bicyclic) bond motifs is 1. The van der Waals surface area contributed by atoms with Gasteiger partial charge in [0.05, 0.1) is 0 Å².